The summed E-state index contributed by atoms with van der Waals surface area (Å²) >= 11 is 0. The number of aromatic nitrogens is 3. The summed E-state index contributed by atoms with van der Waals surface area (Å²) < 4.78 is 19.4. The number of benzene rings is 3. The minimum absolute atomic E-state index is 0.00466. The highest BCUT2D eigenvalue weighted by molar-refractivity contribution is 6.91. The van der Waals surface area contributed by atoms with E-state index >= 15 is 4.79 Å². The third kappa shape index (κ3) is 7.51. The number of aliphatic hydroxyl groups excluding tert-OH is 1. The molecular weight excluding hydrogens is 691 g/mol. The van der Waals surface area contributed by atoms with E-state index in [9.17, 15) is 14.7 Å². The van der Waals surface area contributed by atoms with Crippen molar-refractivity contribution in [1.82, 2.24) is 15.0 Å². The smallest absolute Gasteiger partial charge is 0.305 e. The molecule has 1 aromatic heterocycles. The maximum atomic E-state index is 15.1. The lowest BCUT2D eigenvalue weighted by Crippen LogP contribution is -2.52. The predicted molar refractivity (Wildman–Crippen MR) is 204 cm³/mol. The van der Waals surface area contributed by atoms with Gasteiger partial charge in [-0.1, -0.05) is 60.7 Å². The molecule has 1 saturated heterocycles. The number of fused-ring (bicyclic) bond motifs is 2. The number of nitrogens with one attached hydrogen (secondary N) is 1. The van der Waals surface area contributed by atoms with E-state index < -0.39 is 13.7 Å². The molecule has 6 rings (SSSR count). The Morgan fingerprint density at radius 1 is 1.02 bits per heavy atom. The van der Waals surface area contributed by atoms with Crippen LogP contribution in [0.4, 0.5) is 11.4 Å². The average molecular weight is 740 g/mol. The van der Waals surface area contributed by atoms with Crippen LogP contribution >= 0.6 is 0 Å². The number of aliphatic hydroxyl groups is 1. The zero-order chi connectivity index (χ0) is 37.8. The quantitative estimate of drug-likeness (QED) is 0.0970. The standard InChI is InChI=1S/C40H49N5O7Si/c1-27-37(53(4,5)32-17-15-31(50-2)16-18-32)35(20-23-44-26-30(21-24-46)42-43-44)52-40(27)33-25-29(41-38(48)28-11-7-6-8-12-28)14-19-34(33)45(39(40)49)22-10-9-13-36(47)51-3/h6-8,11-12,14-19,25-27,35,37,46H,9-10,13,20-24H2,1-5H3,(H,41,48)/t27-,35+,37-,40+/m1/s1. The second kappa shape index (κ2) is 16.0. The third-order valence-corrected chi connectivity index (χ3v) is 15.3. The summed E-state index contributed by atoms with van der Waals surface area (Å²) in [6.45, 7) is 7.71. The molecular formula is C40H49N5O7Si. The first-order valence-corrected chi connectivity index (χ1v) is 21.3. The molecule has 2 amide bonds. The van der Waals surface area contributed by atoms with Crippen LogP contribution in [0, 0.1) is 5.92 Å². The van der Waals surface area contributed by atoms with Gasteiger partial charge in [-0.2, -0.15) is 0 Å². The van der Waals surface area contributed by atoms with Crippen LogP contribution in [0.2, 0.25) is 18.6 Å². The molecule has 1 spiro atoms. The van der Waals surface area contributed by atoms with Crippen LogP contribution in [0.15, 0.2) is 79.0 Å². The summed E-state index contributed by atoms with van der Waals surface area (Å²) in [7, 11) is 0.626. The molecule has 53 heavy (non-hydrogen) atoms. The van der Waals surface area contributed by atoms with Gasteiger partial charge in [0, 0.05) is 61.5 Å². The molecule has 13 heteroatoms. The van der Waals surface area contributed by atoms with E-state index in [1.165, 1.54) is 12.3 Å². The Balaban J connectivity index is 1.40. The van der Waals surface area contributed by atoms with Crippen molar-refractivity contribution in [2.75, 3.05) is 37.6 Å². The van der Waals surface area contributed by atoms with Gasteiger partial charge in [-0.25, -0.2) is 0 Å². The normalized spacial score (nSPS) is 20.8. The van der Waals surface area contributed by atoms with Gasteiger partial charge < -0.3 is 29.5 Å². The molecule has 1 fully saturated rings. The molecule has 4 atom stereocenters. The number of carbonyl (C=O) groups is 3. The summed E-state index contributed by atoms with van der Waals surface area (Å²) in [4.78, 5) is 42.1. The zero-order valence-corrected chi connectivity index (χ0v) is 32.1. The maximum absolute atomic E-state index is 15.1. The number of hydrogen-bond donors (Lipinski definition) is 2. The van der Waals surface area contributed by atoms with Crippen LogP contribution < -0.4 is 20.1 Å². The number of carbonyl (C=O) groups excluding carboxylic acids is 3. The zero-order valence-electron chi connectivity index (χ0n) is 31.1. The van der Waals surface area contributed by atoms with E-state index in [0.29, 0.717) is 55.7 Å². The van der Waals surface area contributed by atoms with E-state index in [0.717, 1.165) is 17.0 Å². The number of nitrogens with zero attached hydrogens (tertiary/aromatic N) is 4. The molecule has 2 aliphatic heterocycles. The van der Waals surface area contributed by atoms with Gasteiger partial charge in [0.05, 0.1) is 39.8 Å². The summed E-state index contributed by atoms with van der Waals surface area (Å²) in [6, 6.07) is 22.9. The Morgan fingerprint density at radius 2 is 1.77 bits per heavy atom. The largest absolute Gasteiger partial charge is 0.497 e. The fraction of sp³-hybridized carbons (Fsp3) is 0.425. The van der Waals surface area contributed by atoms with E-state index in [2.05, 4.69) is 47.8 Å². The van der Waals surface area contributed by atoms with E-state index in [-0.39, 0.29) is 48.4 Å². The molecule has 0 unspecified atom stereocenters. The SMILES string of the molecule is COC(=O)CCCCN1C(=O)[C@@]2(O[C@@H](CCn3cc(CCO)nn3)[C@H]([Si](C)(C)c3ccc(OC)cc3)[C@H]2C)c2cc(NC(=O)c3ccccc3)ccc21. The van der Waals surface area contributed by atoms with Crippen LogP contribution in [-0.4, -0.2) is 79.4 Å². The van der Waals surface area contributed by atoms with Crippen LogP contribution in [0.1, 0.15) is 54.2 Å². The van der Waals surface area contributed by atoms with E-state index in [1.807, 2.05) is 54.7 Å². The molecule has 0 saturated carbocycles. The summed E-state index contributed by atoms with van der Waals surface area (Å²) in [6.07, 6.45) is 3.96. The fourth-order valence-corrected chi connectivity index (χ4v) is 12.3. The topological polar surface area (TPSA) is 145 Å². The lowest BCUT2D eigenvalue weighted by Gasteiger charge is -2.37. The number of methoxy groups -OCH3 is 2. The molecule has 0 bridgehead atoms. The second-order valence-electron chi connectivity index (χ2n) is 14.4. The summed E-state index contributed by atoms with van der Waals surface area (Å²) in [5.41, 5.74) is 1.95. The minimum Gasteiger partial charge on any atom is -0.497 e. The predicted octanol–water partition coefficient (Wildman–Crippen LogP) is 5.07. The van der Waals surface area contributed by atoms with Crippen molar-refractivity contribution < 1.29 is 33.7 Å². The summed E-state index contributed by atoms with van der Waals surface area (Å²) in [5, 5.41) is 22.2. The molecule has 280 valence electrons. The number of esters is 1. The van der Waals surface area contributed by atoms with Gasteiger partial charge in [0.2, 0.25) is 0 Å². The molecule has 0 radical (unpaired) electrons. The second-order valence-corrected chi connectivity index (χ2v) is 19.1. The highest BCUT2D eigenvalue weighted by atomic mass is 28.3. The summed E-state index contributed by atoms with van der Waals surface area (Å²) in [5.74, 6) is -0.138. The van der Waals surface area contributed by atoms with Gasteiger partial charge in [-0.15, -0.1) is 5.10 Å². The first-order chi connectivity index (χ1) is 25.5. The minimum atomic E-state index is -2.40. The van der Waals surface area contributed by atoms with Crippen LogP contribution in [-0.2, 0) is 37.6 Å². The van der Waals surface area contributed by atoms with Gasteiger partial charge in [-0.05, 0) is 67.3 Å². The number of ether oxygens (including phenoxy) is 3. The van der Waals surface area contributed by atoms with Gasteiger partial charge >= 0.3 is 5.97 Å². The first kappa shape index (κ1) is 37.9. The lowest BCUT2D eigenvalue weighted by molar-refractivity contribution is -0.146. The van der Waals surface area contributed by atoms with Crippen LogP contribution in [0.5, 0.6) is 5.75 Å². The van der Waals surface area contributed by atoms with E-state index in [1.54, 1.807) is 28.8 Å². The number of rotatable bonds is 15. The van der Waals surface area contributed by atoms with Gasteiger partial charge in [-0.3, -0.25) is 19.1 Å². The number of aryl methyl sites for hydroxylation is 1. The highest BCUT2D eigenvalue weighted by Gasteiger charge is 2.66. The monoisotopic (exact) mass is 739 g/mol. The fourth-order valence-electron chi connectivity index (χ4n) is 8.25. The Bertz CT molecular complexity index is 1920. The third-order valence-electron chi connectivity index (χ3n) is 11.0. The van der Waals surface area contributed by atoms with Gasteiger partial charge in [0.25, 0.3) is 11.8 Å². The molecule has 3 heterocycles. The van der Waals surface area contributed by atoms with Gasteiger partial charge in [0.1, 0.15) is 5.75 Å². The van der Waals surface area contributed by atoms with Crippen molar-refractivity contribution in [3.8, 4) is 5.75 Å². The highest BCUT2D eigenvalue weighted by Crippen LogP contribution is 2.60. The van der Waals surface area contributed by atoms with Crippen molar-refractivity contribution in [2.24, 2.45) is 5.92 Å². The van der Waals surface area contributed by atoms with Crippen molar-refractivity contribution in [2.45, 2.75) is 75.9 Å². The first-order valence-electron chi connectivity index (χ1n) is 18.3. The number of unbranched alkanes of at least 4 members (excludes halogenated alkanes) is 1. The van der Waals surface area contributed by atoms with Crippen molar-refractivity contribution in [3.63, 3.8) is 0 Å². The van der Waals surface area contributed by atoms with Crippen LogP contribution in [0.25, 0.3) is 0 Å². The van der Waals surface area contributed by atoms with Crippen molar-refractivity contribution in [1.29, 1.82) is 0 Å². The Hall–Kier alpha value is -4.85. The average Bonchev–Trinajstić information content (AvgIpc) is 3.82. The molecule has 4 aromatic rings. The lowest BCUT2D eigenvalue weighted by atomic mass is 9.82. The molecule has 3 aromatic carbocycles. The van der Waals surface area contributed by atoms with Crippen molar-refractivity contribution in [3.05, 3.63) is 95.8 Å². The molecule has 2 aliphatic rings. The number of amides is 2. The van der Waals surface area contributed by atoms with Crippen molar-refractivity contribution >= 4 is 42.4 Å². The Morgan fingerprint density at radius 3 is 2.47 bits per heavy atom. The van der Waals surface area contributed by atoms with Crippen LogP contribution in [0.3, 0.4) is 0 Å². The molecule has 12 nitrogen and oxygen atoms in total. The molecule has 0 aliphatic carbocycles. The Labute approximate surface area is 311 Å². The molecule has 2 N–H and O–H groups in total. The maximum Gasteiger partial charge on any atom is 0.305 e. The van der Waals surface area contributed by atoms with E-state index in [4.69, 9.17) is 14.2 Å². The van der Waals surface area contributed by atoms with Gasteiger partial charge in [0.15, 0.2) is 5.60 Å². The Kier molecular flexibility index (Phi) is 11.5. The number of anilines is 2. The number of hydrogen-bond acceptors (Lipinski definition) is 9.